The molecular weight excluding hydrogens is 407 g/mol. The van der Waals surface area contributed by atoms with Crippen LogP contribution in [-0.2, 0) is 0 Å². The fourth-order valence-electron chi connectivity index (χ4n) is 2.34. The molecule has 0 bridgehead atoms. The van der Waals surface area contributed by atoms with Gasteiger partial charge in [-0.25, -0.2) is 9.98 Å². The summed E-state index contributed by atoms with van der Waals surface area (Å²) in [6.45, 7) is 5.70. The molecule has 0 saturated heterocycles. The van der Waals surface area contributed by atoms with Crippen molar-refractivity contribution in [3.05, 3.63) is 72.2 Å². The Hall–Kier alpha value is -3.62. The average molecular weight is 431 g/mol. The number of benzene rings is 1. The average Bonchev–Trinajstić information content (AvgIpc) is 2.73. The second-order valence-corrected chi connectivity index (χ2v) is 6.47. The minimum atomic E-state index is -4.75. The molecule has 1 aromatic heterocycles. The Morgan fingerprint density at radius 1 is 1.16 bits per heavy atom. The normalized spacial score (nSPS) is 13.9. The van der Waals surface area contributed by atoms with Gasteiger partial charge in [-0.3, -0.25) is 4.99 Å². The largest absolute Gasteiger partial charge is 0.573 e. The molecule has 6 nitrogen and oxygen atoms in total. The van der Waals surface area contributed by atoms with E-state index in [0.717, 1.165) is 12.0 Å². The number of nitrogens with zero attached hydrogens (tertiary/aromatic N) is 3. The maximum Gasteiger partial charge on any atom is 0.573 e. The molecule has 3 N–H and O–H groups in total. The van der Waals surface area contributed by atoms with E-state index in [0.29, 0.717) is 28.6 Å². The number of amidine groups is 1. The molecule has 0 aliphatic heterocycles. The molecule has 0 spiro atoms. The third-order valence-corrected chi connectivity index (χ3v) is 4.06. The van der Waals surface area contributed by atoms with Gasteiger partial charge < -0.3 is 15.8 Å². The van der Waals surface area contributed by atoms with Crippen molar-refractivity contribution in [2.45, 2.75) is 33.6 Å². The summed E-state index contributed by atoms with van der Waals surface area (Å²) < 4.78 is 40.9. The summed E-state index contributed by atoms with van der Waals surface area (Å²) in [4.78, 5) is 13.2. The van der Waals surface area contributed by atoms with Gasteiger partial charge in [-0.1, -0.05) is 18.6 Å². The van der Waals surface area contributed by atoms with Crippen LogP contribution < -0.4 is 15.8 Å². The summed E-state index contributed by atoms with van der Waals surface area (Å²) in [5.41, 5.74) is 8.39. The summed E-state index contributed by atoms with van der Waals surface area (Å²) in [5, 5.41) is 3.13. The number of allylic oxidation sites excluding steroid dienone is 1. The number of aromatic nitrogens is 1. The number of alkyl halides is 3. The van der Waals surface area contributed by atoms with Crippen molar-refractivity contribution in [2.24, 2.45) is 15.7 Å². The SMILES string of the molecule is CC/C(C)=C/N=C(Nc1ccccn1)C(=CN)C(C)=Nc1ccc(OC(F)(F)F)cc1. The number of nitrogens with two attached hydrogens (primary N) is 1. The number of anilines is 1. The highest BCUT2D eigenvalue weighted by Crippen LogP contribution is 2.25. The van der Waals surface area contributed by atoms with E-state index in [9.17, 15) is 13.2 Å². The minimum Gasteiger partial charge on any atom is -0.406 e. The Morgan fingerprint density at radius 3 is 2.42 bits per heavy atom. The Kier molecular flexibility index (Phi) is 8.36. The van der Waals surface area contributed by atoms with Gasteiger partial charge in [-0.05, 0) is 56.7 Å². The van der Waals surface area contributed by atoms with Crippen LogP contribution in [0.15, 0.2) is 82.2 Å². The second kappa shape index (κ2) is 11.0. The summed E-state index contributed by atoms with van der Waals surface area (Å²) in [6.07, 6.45) is 0.823. The van der Waals surface area contributed by atoms with Crippen LogP contribution in [0.25, 0.3) is 0 Å². The lowest BCUT2D eigenvalue weighted by atomic mass is 10.1. The van der Waals surface area contributed by atoms with E-state index >= 15 is 0 Å². The van der Waals surface area contributed by atoms with Gasteiger partial charge in [0.05, 0.1) is 17.0 Å². The summed E-state index contributed by atoms with van der Waals surface area (Å²) in [7, 11) is 0. The first-order valence-electron chi connectivity index (χ1n) is 9.47. The molecule has 9 heteroatoms. The summed E-state index contributed by atoms with van der Waals surface area (Å²) in [6, 6.07) is 10.6. The molecule has 31 heavy (non-hydrogen) atoms. The number of hydrogen-bond donors (Lipinski definition) is 2. The van der Waals surface area contributed by atoms with Crippen LogP contribution in [0.4, 0.5) is 24.7 Å². The van der Waals surface area contributed by atoms with E-state index in [2.05, 4.69) is 25.0 Å². The fourth-order valence-corrected chi connectivity index (χ4v) is 2.34. The third kappa shape index (κ3) is 7.96. The van der Waals surface area contributed by atoms with Gasteiger partial charge >= 0.3 is 6.36 Å². The molecule has 2 rings (SSSR count). The predicted molar refractivity (Wildman–Crippen MR) is 118 cm³/mol. The standard InChI is InChI=1S/C22H24F3N5O/c1-4-15(2)14-28-21(30-20-7-5-6-12-27-20)19(13-26)16(3)29-17-8-10-18(11-9-17)31-22(23,24)25/h5-14H,4,26H2,1-3H3,(H,27,28,30)/b15-14+,19-13?,29-16?. The Labute approximate surface area is 179 Å². The van der Waals surface area contributed by atoms with Gasteiger partial charge in [0.25, 0.3) is 0 Å². The van der Waals surface area contributed by atoms with Gasteiger partial charge in [0.2, 0.25) is 0 Å². The van der Waals surface area contributed by atoms with Crippen LogP contribution in [-0.4, -0.2) is 22.9 Å². The highest BCUT2D eigenvalue weighted by atomic mass is 19.4. The lowest BCUT2D eigenvalue weighted by Gasteiger charge is -2.13. The first-order chi connectivity index (χ1) is 14.7. The first kappa shape index (κ1) is 23.7. The van der Waals surface area contributed by atoms with Crippen molar-refractivity contribution in [3.63, 3.8) is 0 Å². The Morgan fingerprint density at radius 2 is 1.87 bits per heavy atom. The van der Waals surface area contributed by atoms with Crippen LogP contribution in [0.3, 0.4) is 0 Å². The zero-order valence-electron chi connectivity index (χ0n) is 17.4. The number of rotatable bonds is 7. The zero-order valence-corrected chi connectivity index (χ0v) is 17.4. The monoisotopic (exact) mass is 431 g/mol. The van der Waals surface area contributed by atoms with Crippen LogP contribution in [0.5, 0.6) is 5.75 Å². The molecule has 1 heterocycles. The van der Waals surface area contributed by atoms with Crippen LogP contribution in [0.2, 0.25) is 0 Å². The van der Waals surface area contributed by atoms with Crippen molar-refractivity contribution >= 4 is 23.1 Å². The molecule has 2 aromatic rings. The summed E-state index contributed by atoms with van der Waals surface area (Å²) in [5.74, 6) is 0.690. The van der Waals surface area contributed by atoms with Gasteiger partial charge in [0, 0.05) is 18.6 Å². The molecule has 0 aliphatic carbocycles. The highest BCUT2D eigenvalue weighted by molar-refractivity contribution is 6.27. The number of pyridine rings is 1. The smallest absolute Gasteiger partial charge is 0.406 e. The van der Waals surface area contributed by atoms with E-state index in [1.54, 1.807) is 31.5 Å². The van der Waals surface area contributed by atoms with Crippen LogP contribution in [0.1, 0.15) is 27.2 Å². The quantitative estimate of drug-likeness (QED) is 0.432. The van der Waals surface area contributed by atoms with Crippen molar-refractivity contribution < 1.29 is 17.9 Å². The van der Waals surface area contributed by atoms with E-state index < -0.39 is 6.36 Å². The maximum atomic E-state index is 12.3. The Balaban J connectivity index is 2.33. The Bertz CT molecular complexity index is 978. The number of ether oxygens (including phenoxy) is 1. The van der Waals surface area contributed by atoms with Gasteiger partial charge in [-0.15, -0.1) is 13.2 Å². The minimum absolute atomic E-state index is 0.321. The van der Waals surface area contributed by atoms with E-state index in [1.165, 1.54) is 30.5 Å². The zero-order chi connectivity index (χ0) is 22.9. The van der Waals surface area contributed by atoms with Crippen molar-refractivity contribution in [1.82, 2.24) is 4.98 Å². The number of aliphatic imine (C=N–C) groups is 2. The lowest BCUT2D eigenvalue weighted by Crippen LogP contribution is -2.21. The van der Waals surface area contributed by atoms with Crippen LogP contribution in [0, 0.1) is 0 Å². The molecule has 0 saturated carbocycles. The molecule has 0 aliphatic rings. The number of hydrogen-bond acceptors (Lipinski definition) is 5. The van der Waals surface area contributed by atoms with Gasteiger partial charge in [-0.2, -0.15) is 0 Å². The molecule has 0 amide bonds. The highest BCUT2D eigenvalue weighted by Gasteiger charge is 2.30. The van der Waals surface area contributed by atoms with Gasteiger partial charge in [0.1, 0.15) is 17.4 Å². The van der Waals surface area contributed by atoms with Crippen molar-refractivity contribution in [3.8, 4) is 5.75 Å². The van der Waals surface area contributed by atoms with E-state index in [1.807, 2.05) is 19.9 Å². The van der Waals surface area contributed by atoms with Gasteiger partial charge in [0.15, 0.2) is 0 Å². The molecule has 0 atom stereocenters. The molecule has 164 valence electrons. The number of nitrogens with one attached hydrogen (secondary N) is 1. The molecule has 0 radical (unpaired) electrons. The third-order valence-electron chi connectivity index (χ3n) is 4.06. The predicted octanol–water partition coefficient (Wildman–Crippen LogP) is 5.74. The van der Waals surface area contributed by atoms with E-state index in [4.69, 9.17) is 5.73 Å². The maximum absolute atomic E-state index is 12.3. The van der Waals surface area contributed by atoms with Crippen LogP contribution >= 0.6 is 0 Å². The molecule has 0 fully saturated rings. The number of halogens is 3. The second-order valence-electron chi connectivity index (χ2n) is 6.47. The van der Waals surface area contributed by atoms with Crippen molar-refractivity contribution in [2.75, 3.05) is 5.32 Å². The van der Waals surface area contributed by atoms with E-state index in [-0.39, 0.29) is 5.75 Å². The molecule has 1 aromatic carbocycles. The molecular formula is C22H24F3N5O. The summed E-state index contributed by atoms with van der Waals surface area (Å²) >= 11 is 0. The first-order valence-corrected chi connectivity index (χ1v) is 9.47. The lowest BCUT2D eigenvalue weighted by molar-refractivity contribution is -0.274. The van der Waals surface area contributed by atoms with Crippen molar-refractivity contribution in [1.29, 1.82) is 0 Å². The fraction of sp³-hybridized carbons (Fsp3) is 0.227. The topological polar surface area (TPSA) is 84.9 Å². The molecule has 0 unspecified atom stereocenters.